The molecule has 0 fully saturated rings. The Bertz CT molecular complexity index is 1520. The fourth-order valence-corrected chi connectivity index (χ4v) is 6.87. The summed E-state index contributed by atoms with van der Waals surface area (Å²) in [6.07, 6.45) is 5.79. The molecule has 0 radical (unpaired) electrons. The monoisotopic (exact) mass is 625 g/mol. The van der Waals surface area contributed by atoms with E-state index >= 15 is 0 Å². The fraction of sp³-hybridized carbons (Fsp3) is 0.267. The molecule has 0 spiro atoms. The second kappa shape index (κ2) is 12.0. The molecule has 4 aromatic rings. The molecule has 9 heteroatoms. The molecular formula is C30H29BrClN3O3S. The second-order valence-corrected chi connectivity index (χ2v) is 11.9. The van der Waals surface area contributed by atoms with Gasteiger partial charge in [-0.2, -0.15) is 5.10 Å². The Morgan fingerprint density at radius 2 is 1.82 bits per heavy atom. The summed E-state index contributed by atoms with van der Waals surface area (Å²) in [4.78, 5) is 14.8. The number of hydrogen-bond donors (Lipinski definition) is 1. The molecule has 2 heterocycles. The molecule has 39 heavy (non-hydrogen) atoms. The first-order valence-electron chi connectivity index (χ1n) is 12.7. The highest BCUT2D eigenvalue weighted by Crippen LogP contribution is 2.38. The van der Waals surface area contributed by atoms with E-state index in [0.717, 1.165) is 68.8 Å². The number of methoxy groups -OCH3 is 1. The predicted molar refractivity (Wildman–Crippen MR) is 161 cm³/mol. The Balaban J connectivity index is 1.35. The van der Waals surface area contributed by atoms with Crippen LogP contribution >= 0.6 is 38.9 Å². The molecule has 1 N–H and O–H groups in total. The van der Waals surface area contributed by atoms with Crippen LogP contribution in [0.15, 0.2) is 58.1 Å². The van der Waals surface area contributed by atoms with Gasteiger partial charge in [0, 0.05) is 31.3 Å². The van der Waals surface area contributed by atoms with Crippen molar-refractivity contribution in [3.8, 4) is 16.5 Å². The van der Waals surface area contributed by atoms with Crippen molar-refractivity contribution in [2.75, 3.05) is 7.11 Å². The Hall–Kier alpha value is -3.07. The summed E-state index contributed by atoms with van der Waals surface area (Å²) in [5.74, 6) is 0.958. The van der Waals surface area contributed by atoms with E-state index in [-0.39, 0.29) is 5.91 Å². The summed E-state index contributed by atoms with van der Waals surface area (Å²) in [5, 5.41) is 5.97. The number of benzene rings is 2. The van der Waals surface area contributed by atoms with Crippen molar-refractivity contribution < 1.29 is 14.3 Å². The van der Waals surface area contributed by atoms with Crippen LogP contribution < -0.4 is 14.9 Å². The van der Waals surface area contributed by atoms with Crippen molar-refractivity contribution in [1.82, 2.24) is 9.99 Å². The van der Waals surface area contributed by atoms with Crippen molar-refractivity contribution in [2.24, 2.45) is 5.10 Å². The lowest BCUT2D eigenvalue weighted by Gasteiger charge is -2.14. The number of nitrogens with zero attached hydrogens (tertiary/aromatic N) is 2. The summed E-state index contributed by atoms with van der Waals surface area (Å²) in [7, 11) is 1.59. The normalized spacial score (nSPS) is 12.9. The van der Waals surface area contributed by atoms with Crippen LogP contribution in [0.3, 0.4) is 0 Å². The third-order valence-electron chi connectivity index (χ3n) is 6.81. The zero-order chi connectivity index (χ0) is 27.5. The minimum absolute atomic E-state index is 0.195. The number of amides is 1. The SMILES string of the molecule is COc1cc(C=NNC(=O)c2c(-n3c(C)ccc3C)sc3c2CCCC3)c(Br)cc1OCc1ccc(Cl)cc1. The summed E-state index contributed by atoms with van der Waals surface area (Å²) in [5.41, 5.74) is 8.62. The number of hydrogen-bond acceptors (Lipinski definition) is 5. The van der Waals surface area contributed by atoms with Gasteiger partial charge in [-0.3, -0.25) is 4.79 Å². The van der Waals surface area contributed by atoms with Crippen molar-refractivity contribution in [3.63, 3.8) is 0 Å². The highest BCUT2D eigenvalue weighted by Gasteiger charge is 2.27. The number of nitrogens with one attached hydrogen (secondary N) is 1. The van der Waals surface area contributed by atoms with Gasteiger partial charge >= 0.3 is 0 Å². The molecule has 1 amide bonds. The van der Waals surface area contributed by atoms with Crippen LogP contribution in [0.25, 0.3) is 5.00 Å². The lowest BCUT2D eigenvalue weighted by molar-refractivity contribution is 0.0954. The molecular weight excluding hydrogens is 598 g/mol. The number of carbonyl (C=O) groups is 1. The maximum Gasteiger partial charge on any atom is 0.274 e. The minimum atomic E-state index is -0.195. The standard InChI is InChI=1S/C30H29BrClN3O3S/c1-18-8-9-19(2)35(18)30-28(23-6-4-5-7-27(23)39-30)29(36)34-33-16-21-14-25(37-3)26(15-24(21)31)38-17-20-10-12-22(32)13-11-20/h8-16H,4-7,17H2,1-3H3,(H,34,36). The van der Waals surface area contributed by atoms with Gasteiger partial charge < -0.3 is 14.0 Å². The van der Waals surface area contributed by atoms with Crippen LogP contribution in [0.5, 0.6) is 11.5 Å². The van der Waals surface area contributed by atoms with E-state index in [4.69, 9.17) is 21.1 Å². The van der Waals surface area contributed by atoms with Gasteiger partial charge in [-0.1, -0.05) is 23.7 Å². The lowest BCUT2D eigenvalue weighted by Crippen LogP contribution is -2.21. The van der Waals surface area contributed by atoms with Gasteiger partial charge in [0.05, 0.1) is 18.9 Å². The van der Waals surface area contributed by atoms with Crippen molar-refractivity contribution in [1.29, 1.82) is 0 Å². The second-order valence-electron chi connectivity index (χ2n) is 9.48. The molecule has 2 aromatic carbocycles. The van der Waals surface area contributed by atoms with Crippen molar-refractivity contribution in [3.05, 3.63) is 96.5 Å². The number of thiophene rings is 1. The maximum atomic E-state index is 13.5. The number of halogens is 2. The van der Waals surface area contributed by atoms with Crippen LogP contribution in [0, 0.1) is 13.8 Å². The number of ether oxygens (including phenoxy) is 2. The van der Waals surface area contributed by atoms with E-state index in [1.165, 1.54) is 4.88 Å². The van der Waals surface area contributed by atoms with Gasteiger partial charge in [-0.05, 0) is 103 Å². The third-order valence-corrected chi connectivity index (χ3v) is 9.03. The Morgan fingerprint density at radius 3 is 2.54 bits per heavy atom. The predicted octanol–water partition coefficient (Wildman–Crippen LogP) is 7.80. The smallest absolute Gasteiger partial charge is 0.274 e. The van der Waals surface area contributed by atoms with E-state index in [2.05, 4.69) is 57.0 Å². The van der Waals surface area contributed by atoms with Crippen LogP contribution in [0.2, 0.25) is 5.02 Å². The van der Waals surface area contributed by atoms with Gasteiger partial charge in [0.25, 0.3) is 5.91 Å². The first-order chi connectivity index (χ1) is 18.9. The van der Waals surface area contributed by atoms with Gasteiger partial charge in [0.1, 0.15) is 11.6 Å². The van der Waals surface area contributed by atoms with Gasteiger partial charge in [0.2, 0.25) is 0 Å². The fourth-order valence-electron chi connectivity index (χ4n) is 4.81. The van der Waals surface area contributed by atoms with Crippen molar-refractivity contribution >= 4 is 51.0 Å². The Labute approximate surface area is 245 Å². The van der Waals surface area contributed by atoms with Gasteiger partial charge in [-0.25, -0.2) is 5.43 Å². The quantitative estimate of drug-likeness (QED) is 0.160. The number of hydrazone groups is 1. The van der Waals surface area contributed by atoms with E-state index < -0.39 is 0 Å². The molecule has 0 atom stereocenters. The molecule has 1 aliphatic rings. The first kappa shape index (κ1) is 27.5. The summed E-state index contributed by atoms with van der Waals surface area (Å²) >= 11 is 11.3. The molecule has 0 saturated carbocycles. The Morgan fingerprint density at radius 1 is 1.10 bits per heavy atom. The average molecular weight is 627 g/mol. The summed E-state index contributed by atoms with van der Waals surface area (Å²) in [6.45, 7) is 4.51. The molecule has 0 bridgehead atoms. The summed E-state index contributed by atoms with van der Waals surface area (Å²) < 4.78 is 14.5. The van der Waals surface area contributed by atoms with Crippen LogP contribution in [0.1, 0.15) is 56.2 Å². The molecule has 5 rings (SSSR count). The largest absolute Gasteiger partial charge is 0.493 e. The highest BCUT2D eigenvalue weighted by atomic mass is 79.9. The van der Waals surface area contributed by atoms with Gasteiger partial charge in [-0.15, -0.1) is 11.3 Å². The van der Waals surface area contributed by atoms with E-state index in [9.17, 15) is 4.79 Å². The average Bonchev–Trinajstić information content (AvgIpc) is 3.47. The molecule has 2 aromatic heterocycles. The molecule has 6 nitrogen and oxygen atoms in total. The maximum absolute atomic E-state index is 13.5. The molecule has 1 aliphatic carbocycles. The topological polar surface area (TPSA) is 64.8 Å². The summed E-state index contributed by atoms with van der Waals surface area (Å²) in [6, 6.07) is 15.3. The molecule has 0 saturated heterocycles. The number of rotatable bonds is 8. The number of fused-ring (bicyclic) bond motifs is 1. The van der Waals surface area contributed by atoms with Gasteiger partial charge in [0.15, 0.2) is 11.5 Å². The lowest BCUT2D eigenvalue weighted by atomic mass is 9.95. The van der Waals surface area contributed by atoms with E-state index in [1.807, 2.05) is 36.4 Å². The first-order valence-corrected chi connectivity index (χ1v) is 14.7. The molecule has 202 valence electrons. The zero-order valence-corrected chi connectivity index (χ0v) is 25.2. The van der Waals surface area contributed by atoms with Crippen LogP contribution in [-0.4, -0.2) is 23.8 Å². The van der Waals surface area contributed by atoms with E-state index in [0.29, 0.717) is 23.1 Å². The third kappa shape index (κ3) is 5.93. The number of carbonyl (C=O) groups excluding carboxylic acids is 1. The minimum Gasteiger partial charge on any atom is -0.493 e. The van der Waals surface area contributed by atoms with Crippen molar-refractivity contribution in [2.45, 2.75) is 46.1 Å². The molecule has 0 unspecified atom stereocenters. The zero-order valence-electron chi connectivity index (χ0n) is 22.0. The Kier molecular flexibility index (Phi) is 8.45. The highest BCUT2D eigenvalue weighted by molar-refractivity contribution is 9.10. The molecule has 0 aliphatic heterocycles. The van der Waals surface area contributed by atoms with E-state index in [1.54, 1.807) is 24.7 Å². The number of aryl methyl sites for hydroxylation is 3. The van der Waals surface area contributed by atoms with Crippen LogP contribution in [-0.2, 0) is 19.4 Å². The van der Waals surface area contributed by atoms with Crippen LogP contribution in [0.4, 0.5) is 0 Å². The number of aromatic nitrogens is 1.